The van der Waals surface area contributed by atoms with Gasteiger partial charge in [-0.2, -0.15) is 0 Å². The van der Waals surface area contributed by atoms with Gasteiger partial charge >= 0.3 is 0 Å². The first kappa shape index (κ1) is 15.9. The van der Waals surface area contributed by atoms with Gasteiger partial charge in [0, 0.05) is 49.8 Å². The highest BCUT2D eigenvalue weighted by Gasteiger charge is 2.40. The standard InChI is InChI=1S/C19H26N2O3/c1-19(2)9-14(6-7-24-19)18(23)20-10-13-8-15(12-20)16-4-3-5-17(22)21(16)11-13/h3-5,13-15H,6-12H2,1-2H3/t13-,14-,15+/m0/s1. The largest absolute Gasteiger partial charge is 0.376 e. The molecule has 24 heavy (non-hydrogen) atoms. The summed E-state index contributed by atoms with van der Waals surface area (Å²) in [4.78, 5) is 27.2. The normalized spacial score (nSPS) is 31.4. The van der Waals surface area contributed by atoms with E-state index in [0.717, 1.165) is 44.6 Å². The number of likely N-dealkylation sites (tertiary alicyclic amines) is 1. The molecule has 2 bridgehead atoms. The lowest BCUT2D eigenvalue weighted by Crippen LogP contribution is -2.52. The molecule has 3 atom stereocenters. The summed E-state index contributed by atoms with van der Waals surface area (Å²) in [5.41, 5.74) is 0.987. The molecule has 2 fully saturated rings. The number of fused-ring (bicyclic) bond motifs is 4. The number of amides is 1. The molecule has 4 heterocycles. The first-order chi connectivity index (χ1) is 11.4. The molecule has 5 heteroatoms. The summed E-state index contributed by atoms with van der Waals surface area (Å²) < 4.78 is 7.67. The Morgan fingerprint density at radius 3 is 2.88 bits per heavy atom. The summed E-state index contributed by atoms with van der Waals surface area (Å²) >= 11 is 0. The third-order valence-corrected chi connectivity index (χ3v) is 5.84. The molecule has 0 unspecified atom stereocenters. The van der Waals surface area contributed by atoms with Crippen LogP contribution in [0.25, 0.3) is 0 Å². The molecule has 0 spiro atoms. The van der Waals surface area contributed by atoms with E-state index in [0.29, 0.717) is 18.4 Å². The highest BCUT2D eigenvalue weighted by molar-refractivity contribution is 5.79. The second-order valence-electron chi connectivity index (χ2n) is 8.24. The molecule has 4 rings (SSSR count). The van der Waals surface area contributed by atoms with E-state index in [9.17, 15) is 9.59 Å². The molecule has 1 aromatic rings. The quantitative estimate of drug-likeness (QED) is 0.791. The van der Waals surface area contributed by atoms with Crippen molar-refractivity contribution in [3.05, 3.63) is 34.2 Å². The van der Waals surface area contributed by atoms with Crippen LogP contribution in [0.1, 0.15) is 44.7 Å². The van der Waals surface area contributed by atoms with E-state index in [1.807, 2.05) is 16.7 Å². The fourth-order valence-electron chi connectivity index (χ4n) is 4.78. The summed E-state index contributed by atoms with van der Waals surface area (Å²) in [7, 11) is 0. The predicted molar refractivity (Wildman–Crippen MR) is 90.9 cm³/mol. The molecule has 3 aliphatic heterocycles. The summed E-state index contributed by atoms with van der Waals surface area (Å²) in [5.74, 6) is 1.05. The lowest BCUT2D eigenvalue weighted by Gasteiger charge is -2.45. The van der Waals surface area contributed by atoms with Crippen LogP contribution in [0.15, 0.2) is 23.0 Å². The number of hydrogen-bond donors (Lipinski definition) is 0. The van der Waals surface area contributed by atoms with Crippen LogP contribution in [0, 0.1) is 11.8 Å². The molecule has 2 saturated heterocycles. The SMILES string of the molecule is CC1(C)C[C@@H](C(=O)N2C[C@@H]3C[C@H](C2)c2cccc(=O)n2C3)CCO1. The van der Waals surface area contributed by atoms with Gasteiger partial charge < -0.3 is 14.2 Å². The van der Waals surface area contributed by atoms with E-state index < -0.39 is 0 Å². The van der Waals surface area contributed by atoms with Crippen LogP contribution < -0.4 is 5.56 Å². The van der Waals surface area contributed by atoms with Crippen molar-refractivity contribution in [1.82, 2.24) is 9.47 Å². The van der Waals surface area contributed by atoms with Crippen molar-refractivity contribution in [2.24, 2.45) is 11.8 Å². The molecule has 3 aliphatic rings. The fraction of sp³-hybridized carbons (Fsp3) is 0.684. The van der Waals surface area contributed by atoms with E-state index >= 15 is 0 Å². The van der Waals surface area contributed by atoms with Crippen molar-refractivity contribution >= 4 is 5.91 Å². The number of pyridine rings is 1. The number of aromatic nitrogens is 1. The monoisotopic (exact) mass is 330 g/mol. The predicted octanol–water partition coefficient (Wildman–Crippen LogP) is 2.00. The van der Waals surface area contributed by atoms with E-state index in [2.05, 4.69) is 18.7 Å². The van der Waals surface area contributed by atoms with E-state index in [1.165, 1.54) is 0 Å². The smallest absolute Gasteiger partial charge is 0.250 e. The van der Waals surface area contributed by atoms with Gasteiger partial charge in [-0.25, -0.2) is 0 Å². The highest BCUT2D eigenvalue weighted by Crippen LogP contribution is 2.37. The third kappa shape index (κ3) is 2.79. The molecular weight excluding hydrogens is 304 g/mol. The molecule has 130 valence electrons. The Morgan fingerprint density at radius 2 is 2.08 bits per heavy atom. The maximum atomic E-state index is 13.1. The second kappa shape index (κ2) is 5.73. The van der Waals surface area contributed by atoms with Crippen LogP contribution in [-0.2, 0) is 16.1 Å². The molecule has 1 aromatic heterocycles. The summed E-state index contributed by atoms with van der Waals surface area (Å²) in [6.45, 7) is 7.08. The van der Waals surface area contributed by atoms with Gasteiger partial charge in [-0.1, -0.05) is 6.07 Å². The van der Waals surface area contributed by atoms with Crippen LogP contribution in [-0.4, -0.2) is 40.7 Å². The Bertz CT molecular complexity index is 709. The van der Waals surface area contributed by atoms with Gasteiger partial charge in [-0.05, 0) is 45.1 Å². The van der Waals surface area contributed by atoms with Crippen LogP contribution in [0.4, 0.5) is 0 Å². The average Bonchev–Trinajstić information content (AvgIpc) is 2.54. The molecule has 0 aliphatic carbocycles. The van der Waals surface area contributed by atoms with Gasteiger partial charge in [0.2, 0.25) is 5.91 Å². The number of carbonyl (C=O) groups excluding carboxylic acids is 1. The lowest BCUT2D eigenvalue weighted by atomic mass is 9.81. The maximum Gasteiger partial charge on any atom is 0.250 e. The topological polar surface area (TPSA) is 51.5 Å². The zero-order valence-corrected chi connectivity index (χ0v) is 14.5. The van der Waals surface area contributed by atoms with Crippen molar-refractivity contribution in [2.45, 2.75) is 51.2 Å². The van der Waals surface area contributed by atoms with E-state index in [-0.39, 0.29) is 23.0 Å². The van der Waals surface area contributed by atoms with Gasteiger partial charge in [-0.3, -0.25) is 9.59 Å². The van der Waals surface area contributed by atoms with Crippen LogP contribution in [0.3, 0.4) is 0 Å². The Morgan fingerprint density at radius 1 is 1.25 bits per heavy atom. The Labute approximate surface area is 142 Å². The lowest BCUT2D eigenvalue weighted by molar-refractivity contribution is -0.148. The average molecular weight is 330 g/mol. The highest BCUT2D eigenvalue weighted by atomic mass is 16.5. The Balaban J connectivity index is 1.54. The number of hydrogen-bond acceptors (Lipinski definition) is 3. The Kier molecular flexibility index (Phi) is 3.79. The number of rotatable bonds is 1. The summed E-state index contributed by atoms with van der Waals surface area (Å²) in [5, 5.41) is 0. The third-order valence-electron chi connectivity index (χ3n) is 5.84. The first-order valence-electron chi connectivity index (χ1n) is 9.05. The van der Waals surface area contributed by atoms with Gasteiger partial charge in [0.1, 0.15) is 0 Å². The fourth-order valence-corrected chi connectivity index (χ4v) is 4.78. The number of piperidine rings is 1. The minimum absolute atomic E-state index is 0.0746. The molecule has 0 saturated carbocycles. The molecule has 0 aromatic carbocycles. The van der Waals surface area contributed by atoms with E-state index in [4.69, 9.17) is 4.74 Å². The van der Waals surface area contributed by atoms with Crippen molar-refractivity contribution < 1.29 is 9.53 Å². The van der Waals surface area contributed by atoms with Gasteiger partial charge in [0.25, 0.3) is 5.56 Å². The zero-order chi connectivity index (χ0) is 16.9. The van der Waals surface area contributed by atoms with Crippen LogP contribution >= 0.6 is 0 Å². The zero-order valence-electron chi connectivity index (χ0n) is 14.5. The molecular formula is C19H26N2O3. The maximum absolute atomic E-state index is 13.1. The minimum Gasteiger partial charge on any atom is -0.376 e. The van der Waals surface area contributed by atoms with Crippen LogP contribution in [0.2, 0.25) is 0 Å². The minimum atomic E-state index is -0.204. The van der Waals surface area contributed by atoms with Gasteiger partial charge in [-0.15, -0.1) is 0 Å². The first-order valence-corrected chi connectivity index (χ1v) is 9.05. The summed E-state index contributed by atoms with van der Waals surface area (Å²) in [6.07, 6.45) is 2.71. The summed E-state index contributed by atoms with van der Waals surface area (Å²) in [6, 6.07) is 5.53. The van der Waals surface area contributed by atoms with Crippen molar-refractivity contribution in [1.29, 1.82) is 0 Å². The Hall–Kier alpha value is -1.62. The second-order valence-corrected chi connectivity index (χ2v) is 8.24. The van der Waals surface area contributed by atoms with Gasteiger partial charge in [0.05, 0.1) is 5.60 Å². The van der Waals surface area contributed by atoms with Crippen LogP contribution in [0.5, 0.6) is 0 Å². The molecule has 1 amide bonds. The van der Waals surface area contributed by atoms with Crippen molar-refractivity contribution in [3.8, 4) is 0 Å². The number of ether oxygens (including phenoxy) is 1. The van der Waals surface area contributed by atoms with Gasteiger partial charge in [0.15, 0.2) is 0 Å². The number of nitrogens with zero attached hydrogens (tertiary/aromatic N) is 2. The van der Waals surface area contributed by atoms with Crippen molar-refractivity contribution in [2.75, 3.05) is 19.7 Å². The van der Waals surface area contributed by atoms with Crippen molar-refractivity contribution in [3.63, 3.8) is 0 Å². The molecule has 0 N–H and O–H groups in total. The van der Waals surface area contributed by atoms with E-state index in [1.54, 1.807) is 6.07 Å². The molecule has 0 radical (unpaired) electrons. The molecule has 5 nitrogen and oxygen atoms in total. The number of carbonyl (C=O) groups is 1.